The van der Waals surface area contributed by atoms with Gasteiger partial charge in [0.05, 0.1) is 5.01 Å². The Morgan fingerprint density at radius 1 is 1.48 bits per heavy atom. The summed E-state index contributed by atoms with van der Waals surface area (Å²) in [6.07, 6.45) is 2.08. The van der Waals surface area contributed by atoms with Crippen LogP contribution in [0.5, 0.6) is 5.75 Å². The Morgan fingerprint density at radius 2 is 2.33 bits per heavy atom. The molecular formula is C16H18N2O2S. The van der Waals surface area contributed by atoms with Crippen LogP contribution < -0.4 is 10.1 Å². The SMILES string of the molecule is Cc1csc(CCCNC(=O)[C@H]2Cc3ccccc3O2)n1. The second-order valence-corrected chi connectivity index (χ2v) is 6.14. The van der Waals surface area contributed by atoms with Gasteiger partial charge in [-0.3, -0.25) is 4.79 Å². The highest BCUT2D eigenvalue weighted by Crippen LogP contribution is 2.28. The molecule has 1 aromatic heterocycles. The zero-order chi connectivity index (χ0) is 14.7. The molecule has 4 nitrogen and oxygen atoms in total. The minimum Gasteiger partial charge on any atom is -0.480 e. The van der Waals surface area contributed by atoms with Crippen LogP contribution in [0.1, 0.15) is 22.7 Å². The number of hydrogen-bond acceptors (Lipinski definition) is 4. The van der Waals surface area contributed by atoms with E-state index in [1.54, 1.807) is 11.3 Å². The molecule has 0 spiro atoms. The zero-order valence-corrected chi connectivity index (χ0v) is 12.8. The van der Waals surface area contributed by atoms with Crippen molar-refractivity contribution in [2.45, 2.75) is 32.3 Å². The molecule has 0 aliphatic carbocycles. The summed E-state index contributed by atoms with van der Waals surface area (Å²) in [5, 5.41) is 6.13. The Bertz CT molecular complexity index is 614. The van der Waals surface area contributed by atoms with Crippen molar-refractivity contribution in [3.05, 3.63) is 45.9 Å². The van der Waals surface area contributed by atoms with Crippen molar-refractivity contribution in [2.75, 3.05) is 6.54 Å². The van der Waals surface area contributed by atoms with E-state index in [1.165, 1.54) is 0 Å². The maximum absolute atomic E-state index is 12.1. The maximum atomic E-state index is 12.1. The molecule has 110 valence electrons. The number of thiazole rings is 1. The van der Waals surface area contributed by atoms with Gasteiger partial charge in [-0.05, 0) is 25.0 Å². The fourth-order valence-corrected chi connectivity index (χ4v) is 3.23. The molecule has 1 aromatic carbocycles. The molecule has 2 heterocycles. The van der Waals surface area contributed by atoms with Gasteiger partial charge in [0, 0.05) is 30.5 Å². The number of para-hydroxylation sites is 1. The Labute approximate surface area is 128 Å². The highest BCUT2D eigenvalue weighted by atomic mass is 32.1. The van der Waals surface area contributed by atoms with Crippen molar-refractivity contribution in [3.8, 4) is 5.75 Å². The van der Waals surface area contributed by atoms with Crippen molar-refractivity contribution >= 4 is 17.2 Å². The summed E-state index contributed by atoms with van der Waals surface area (Å²) in [5.74, 6) is 0.803. The molecule has 0 fully saturated rings. The van der Waals surface area contributed by atoms with E-state index in [9.17, 15) is 4.79 Å². The van der Waals surface area contributed by atoms with Crippen LogP contribution >= 0.6 is 11.3 Å². The minimum absolute atomic E-state index is 0.0264. The van der Waals surface area contributed by atoms with E-state index < -0.39 is 0 Å². The molecule has 0 saturated carbocycles. The molecular weight excluding hydrogens is 284 g/mol. The standard InChI is InChI=1S/C16H18N2O2S/c1-11-10-21-15(18-11)7-4-8-17-16(19)14-9-12-5-2-3-6-13(12)20-14/h2-3,5-6,10,14H,4,7-9H2,1H3,(H,17,19)/t14-/m1/s1. The lowest BCUT2D eigenvalue weighted by Crippen LogP contribution is -2.38. The third-order valence-corrected chi connectivity index (χ3v) is 4.50. The molecule has 21 heavy (non-hydrogen) atoms. The molecule has 0 radical (unpaired) electrons. The number of ether oxygens (including phenoxy) is 1. The number of nitrogens with one attached hydrogen (secondary N) is 1. The van der Waals surface area contributed by atoms with Gasteiger partial charge in [0.25, 0.3) is 5.91 Å². The van der Waals surface area contributed by atoms with Crippen molar-refractivity contribution in [1.82, 2.24) is 10.3 Å². The summed E-state index contributed by atoms with van der Waals surface area (Å²) >= 11 is 1.68. The van der Waals surface area contributed by atoms with Gasteiger partial charge in [0.15, 0.2) is 6.10 Å². The van der Waals surface area contributed by atoms with Gasteiger partial charge >= 0.3 is 0 Å². The number of aryl methyl sites for hydroxylation is 2. The van der Waals surface area contributed by atoms with Crippen LogP contribution in [0.4, 0.5) is 0 Å². The van der Waals surface area contributed by atoms with E-state index in [-0.39, 0.29) is 12.0 Å². The third kappa shape index (κ3) is 3.42. The quantitative estimate of drug-likeness (QED) is 0.863. The first-order chi connectivity index (χ1) is 10.2. The lowest BCUT2D eigenvalue weighted by Gasteiger charge is -2.10. The predicted molar refractivity (Wildman–Crippen MR) is 82.7 cm³/mol. The lowest BCUT2D eigenvalue weighted by atomic mass is 10.1. The van der Waals surface area contributed by atoms with Crippen molar-refractivity contribution < 1.29 is 9.53 Å². The first-order valence-electron chi connectivity index (χ1n) is 7.15. The second-order valence-electron chi connectivity index (χ2n) is 5.20. The molecule has 5 heteroatoms. The number of carbonyl (C=O) groups is 1. The molecule has 2 aromatic rings. The van der Waals surface area contributed by atoms with Crippen LogP contribution in [-0.2, 0) is 17.6 Å². The largest absolute Gasteiger partial charge is 0.480 e. The van der Waals surface area contributed by atoms with E-state index in [4.69, 9.17) is 4.74 Å². The summed E-state index contributed by atoms with van der Waals surface area (Å²) in [5.41, 5.74) is 2.17. The van der Waals surface area contributed by atoms with Gasteiger partial charge in [-0.2, -0.15) is 0 Å². The first-order valence-corrected chi connectivity index (χ1v) is 8.03. The van der Waals surface area contributed by atoms with Crippen LogP contribution in [0.15, 0.2) is 29.6 Å². The monoisotopic (exact) mass is 302 g/mol. The molecule has 1 aliphatic rings. The van der Waals surface area contributed by atoms with Crippen molar-refractivity contribution in [3.63, 3.8) is 0 Å². The Balaban J connectivity index is 1.41. The molecule has 1 N–H and O–H groups in total. The zero-order valence-electron chi connectivity index (χ0n) is 12.0. The van der Waals surface area contributed by atoms with Crippen molar-refractivity contribution in [1.29, 1.82) is 0 Å². The number of carbonyl (C=O) groups excluding carboxylic acids is 1. The maximum Gasteiger partial charge on any atom is 0.261 e. The van der Waals surface area contributed by atoms with Crippen LogP contribution in [0.3, 0.4) is 0 Å². The summed E-state index contributed by atoms with van der Waals surface area (Å²) in [7, 11) is 0. The summed E-state index contributed by atoms with van der Waals surface area (Å²) in [6, 6.07) is 7.81. The number of benzene rings is 1. The molecule has 3 rings (SSSR count). The van der Waals surface area contributed by atoms with Gasteiger partial charge in [0.1, 0.15) is 5.75 Å². The van der Waals surface area contributed by atoms with E-state index in [2.05, 4.69) is 15.7 Å². The minimum atomic E-state index is -0.385. The summed E-state index contributed by atoms with van der Waals surface area (Å²) < 4.78 is 5.67. The number of nitrogens with zero attached hydrogens (tertiary/aromatic N) is 1. The van der Waals surface area contributed by atoms with Gasteiger partial charge in [-0.25, -0.2) is 4.98 Å². The number of aromatic nitrogens is 1. The molecule has 0 bridgehead atoms. The average molecular weight is 302 g/mol. The van der Waals surface area contributed by atoms with E-state index in [0.29, 0.717) is 13.0 Å². The summed E-state index contributed by atoms with van der Waals surface area (Å²) in [6.45, 7) is 2.66. The fourth-order valence-electron chi connectivity index (χ4n) is 2.41. The summed E-state index contributed by atoms with van der Waals surface area (Å²) in [4.78, 5) is 16.5. The topological polar surface area (TPSA) is 51.2 Å². The third-order valence-electron chi connectivity index (χ3n) is 3.47. The predicted octanol–water partition coefficient (Wildman–Crippen LogP) is 2.50. The van der Waals surface area contributed by atoms with E-state index in [1.807, 2.05) is 31.2 Å². The average Bonchev–Trinajstić information content (AvgIpc) is 3.09. The molecule has 1 atom stereocenters. The van der Waals surface area contributed by atoms with Gasteiger partial charge in [-0.1, -0.05) is 18.2 Å². The van der Waals surface area contributed by atoms with Crippen LogP contribution in [0.2, 0.25) is 0 Å². The van der Waals surface area contributed by atoms with Gasteiger partial charge in [0.2, 0.25) is 0 Å². The highest BCUT2D eigenvalue weighted by Gasteiger charge is 2.28. The fraction of sp³-hybridized carbons (Fsp3) is 0.375. The first kappa shape index (κ1) is 14.1. The highest BCUT2D eigenvalue weighted by molar-refractivity contribution is 7.09. The second kappa shape index (κ2) is 6.26. The molecule has 0 saturated heterocycles. The molecule has 0 unspecified atom stereocenters. The number of amides is 1. The Kier molecular flexibility index (Phi) is 4.20. The smallest absolute Gasteiger partial charge is 0.261 e. The van der Waals surface area contributed by atoms with Gasteiger partial charge < -0.3 is 10.1 Å². The van der Waals surface area contributed by atoms with Crippen LogP contribution in [-0.4, -0.2) is 23.5 Å². The van der Waals surface area contributed by atoms with Crippen LogP contribution in [0, 0.1) is 6.92 Å². The number of fused-ring (bicyclic) bond motifs is 1. The van der Waals surface area contributed by atoms with E-state index >= 15 is 0 Å². The molecule has 1 amide bonds. The van der Waals surface area contributed by atoms with Crippen molar-refractivity contribution in [2.24, 2.45) is 0 Å². The molecule has 1 aliphatic heterocycles. The lowest BCUT2D eigenvalue weighted by molar-refractivity contribution is -0.127. The Hall–Kier alpha value is -1.88. The van der Waals surface area contributed by atoms with Crippen LogP contribution in [0.25, 0.3) is 0 Å². The van der Waals surface area contributed by atoms with E-state index in [0.717, 1.165) is 34.9 Å². The number of hydrogen-bond donors (Lipinski definition) is 1. The normalized spacial score (nSPS) is 16.3. The number of rotatable bonds is 5. The van der Waals surface area contributed by atoms with Gasteiger partial charge in [-0.15, -0.1) is 11.3 Å². The Morgan fingerprint density at radius 3 is 3.10 bits per heavy atom.